The number of nitrogens with two attached hydrogens (primary N) is 3. The first-order chi connectivity index (χ1) is 10.9. The SMILES string of the molecule is C=CC.NC(=O)CCCCC/C=C\COCC(N)CCC(N)=O. The van der Waals surface area contributed by atoms with Crippen molar-refractivity contribution in [2.24, 2.45) is 17.2 Å². The van der Waals surface area contributed by atoms with E-state index in [-0.39, 0.29) is 17.9 Å². The lowest BCUT2D eigenvalue weighted by Gasteiger charge is -2.09. The van der Waals surface area contributed by atoms with Crippen LogP contribution in [0.15, 0.2) is 24.8 Å². The Labute approximate surface area is 140 Å². The first kappa shape index (κ1) is 23.6. The number of primary amides is 2. The van der Waals surface area contributed by atoms with Crippen LogP contribution in [0.25, 0.3) is 0 Å². The van der Waals surface area contributed by atoms with Crippen LogP contribution in [0.4, 0.5) is 0 Å². The fraction of sp³-hybridized carbons (Fsp3) is 0.647. The lowest BCUT2D eigenvalue weighted by Crippen LogP contribution is -2.28. The van der Waals surface area contributed by atoms with Crippen molar-refractivity contribution in [3.8, 4) is 0 Å². The number of carbonyl (C=O) groups excluding carboxylic acids is 2. The summed E-state index contributed by atoms with van der Waals surface area (Å²) in [6, 6.07) is -0.148. The van der Waals surface area contributed by atoms with Crippen LogP contribution in [-0.2, 0) is 14.3 Å². The van der Waals surface area contributed by atoms with Crippen LogP contribution in [0.2, 0.25) is 0 Å². The van der Waals surface area contributed by atoms with E-state index in [0.717, 1.165) is 25.7 Å². The molecular formula is C17H33N3O3. The second kappa shape index (κ2) is 18.4. The van der Waals surface area contributed by atoms with Gasteiger partial charge in [-0.15, -0.1) is 6.58 Å². The number of hydrogen-bond acceptors (Lipinski definition) is 4. The third-order valence-corrected chi connectivity index (χ3v) is 2.77. The van der Waals surface area contributed by atoms with Gasteiger partial charge >= 0.3 is 0 Å². The highest BCUT2D eigenvalue weighted by molar-refractivity contribution is 5.73. The van der Waals surface area contributed by atoms with Crippen molar-refractivity contribution >= 4 is 11.8 Å². The second-order valence-electron chi connectivity index (χ2n) is 5.25. The zero-order valence-corrected chi connectivity index (χ0v) is 14.3. The molecule has 0 heterocycles. The minimum Gasteiger partial charge on any atom is -0.376 e. The highest BCUT2D eigenvalue weighted by Crippen LogP contribution is 2.03. The number of hydrogen-bond donors (Lipinski definition) is 3. The highest BCUT2D eigenvalue weighted by atomic mass is 16.5. The molecule has 2 amide bonds. The van der Waals surface area contributed by atoms with Gasteiger partial charge in [-0.2, -0.15) is 0 Å². The lowest BCUT2D eigenvalue weighted by atomic mass is 10.1. The van der Waals surface area contributed by atoms with Crippen molar-refractivity contribution in [2.75, 3.05) is 13.2 Å². The van der Waals surface area contributed by atoms with Gasteiger partial charge in [0.25, 0.3) is 0 Å². The van der Waals surface area contributed by atoms with E-state index < -0.39 is 0 Å². The standard InChI is InChI=1S/C14H27N3O3.C3H6/c15-12(8-9-14(17)19)11-20-10-6-4-2-1-3-5-7-13(16)18;1-3-2/h4,6,12H,1-3,5,7-11,15H2,(H2,16,18)(H2,17,19);3H,1H2,2H3/b6-4-;. The summed E-state index contributed by atoms with van der Waals surface area (Å²) in [4.78, 5) is 21.1. The molecular weight excluding hydrogens is 294 g/mol. The van der Waals surface area contributed by atoms with E-state index >= 15 is 0 Å². The van der Waals surface area contributed by atoms with E-state index in [9.17, 15) is 9.59 Å². The Morgan fingerprint density at radius 3 is 2.26 bits per heavy atom. The van der Waals surface area contributed by atoms with Crippen molar-refractivity contribution < 1.29 is 14.3 Å². The summed E-state index contributed by atoms with van der Waals surface area (Å²) in [6.07, 6.45) is 11.0. The summed E-state index contributed by atoms with van der Waals surface area (Å²) in [5, 5.41) is 0. The fourth-order valence-electron chi connectivity index (χ4n) is 1.62. The van der Waals surface area contributed by atoms with E-state index in [0.29, 0.717) is 32.5 Å². The summed E-state index contributed by atoms with van der Waals surface area (Å²) < 4.78 is 5.36. The third kappa shape index (κ3) is 25.6. The maximum atomic E-state index is 10.6. The number of ether oxygens (including phenoxy) is 1. The summed E-state index contributed by atoms with van der Waals surface area (Å²) in [5.41, 5.74) is 15.8. The molecule has 0 aliphatic carbocycles. The molecule has 0 aromatic heterocycles. The van der Waals surface area contributed by atoms with Crippen molar-refractivity contribution in [3.63, 3.8) is 0 Å². The second-order valence-corrected chi connectivity index (χ2v) is 5.25. The van der Waals surface area contributed by atoms with E-state index in [4.69, 9.17) is 21.9 Å². The predicted molar refractivity (Wildman–Crippen MR) is 94.5 cm³/mol. The number of carbonyl (C=O) groups is 2. The van der Waals surface area contributed by atoms with Gasteiger partial charge in [0, 0.05) is 18.9 Å². The maximum absolute atomic E-state index is 10.6. The van der Waals surface area contributed by atoms with Crippen LogP contribution in [0.3, 0.4) is 0 Å². The molecule has 0 aromatic rings. The summed E-state index contributed by atoms with van der Waals surface area (Å²) in [6.45, 7) is 6.20. The van der Waals surface area contributed by atoms with Crippen LogP contribution in [0.5, 0.6) is 0 Å². The number of rotatable bonds is 13. The largest absolute Gasteiger partial charge is 0.376 e. The molecule has 6 nitrogen and oxygen atoms in total. The van der Waals surface area contributed by atoms with Gasteiger partial charge in [0.2, 0.25) is 11.8 Å². The Hall–Kier alpha value is -1.66. The Kier molecular flexibility index (Phi) is 18.9. The van der Waals surface area contributed by atoms with Gasteiger partial charge in [0.1, 0.15) is 0 Å². The Morgan fingerprint density at radius 2 is 1.70 bits per heavy atom. The molecule has 6 heteroatoms. The van der Waals surface area contributed by atoms with E-state index in [1.807, 2.05) is 13.0 Å². The smallest absolute Gasteiger partial charge is 0.217 e. The average molecular weight is 327 g/mol. The lowest BCUT2D eigenvalue weighted by molar-refractivity contribution is -0.119. The summed E-state index contributed by atoms with van der Waals surface area (Å²) in [7, 11) is 0. The molecule has 134 valence electrons. The van der Waals surface area contributed by atoms with Gasteiger partial charge < -0.3 is 21.9 Å². The summed E-state index contributed by atoms with van der Waals surface area (Å²) >= 11 is 0. The molecule has 0 saturated carbocycles. The minimum atomic E-state index is -0.336. The molecule has 0 aliphatic heterocycles. The van der Waals surface area contributed by atoms with Crippen LogP contribution in [0.1, 0.15) is 51.9 Å². The highest BCUT2D eigenvalue weighted by Gasteiger charge is 2.04. The summed E-state index contributed by atoms with van der Waals surface area (Å²) in [5.74, 6) is -0.571. The Bertz CT molecular complexity index is 344. The Balaban J connectivity index is 0. The van der Waals surface area contributed by atoms with Gasteiger partial charge in [0.15, 0.2) is 0 Å². The van der Waals surface area contributed by atoms with Gasteiger partial charge in [-0.25, -0.2) is 0 Å². The number of unbranched alkanes of at least 4 members (excludes halogenated alkanes) is 3. The monoisotopic (exact) mass is 327 g/mol. The van der Waals surface area contributed by atoms with Crippen LogP contribution in [0, 0.1) is 0 Å². The Morgan fingerprint density at radius 1 is 1.09 bits per heavy atom. The molecule has 0 radical (unpaired) electrons. The first-order valence-corrected chi connectivity index (χ1v) is 8.06. The molecule has 0 aromatic carbocycles. The van der Waals surface area contributed by atoms with Crippen molar-refractivity contribution in [3.05, 3.63) is 24.8 Å². The number of amides is 2. The maximum Gasteiger partial charge on any atom is 0.217 e. The first-order valence-electron chi connectivity index (χ1n) is 8.06. The van der Waals surface area contributed by atoms with Crippen LogP contribution in [-0.4, -0.2) is 31.1 Å². The number of allylic oxidation sites excluding steroid dienone is 2. The molecule has 0 spiro atoms. The minimum absolute atomic E-state index is 0.148. The van der Waals surface area contributed by atoms with E-state index in [1.54, 1.807) is 6.08 Å². The molecule has 23 heavy (non-hydrogen) atoms. The molecule has 1 atom stereocenters. The third-order valence-electron chi connectivity index (χ3n) is 2.77. The van der Waals surface area contributed by atoms with Crippen LogP contribution >= 0.6 is 0 Å². The van der Waals surface area contributed by atoms with E-state index in [1.165, 1.54) is 0 Å². The molecule has 0 bridgehead atoms. The molecule has 1 unspecified atom stereocenters. The zero-order chi connectivity index (χ0) is 17.9. The molecule has 0 fully saturated rings. The normalized spacial score (nSPS) is 11.6. The fourth-order valence-corrected chi connectivity index (χ4v) is 1.62. The topological polar surface area (TPSA) is 121 Å². The molecule has 0 saturated heterocycles. The quantitative estimate of drug-likeness (QED) is 0.352. The van der Waals surface area contributed by atoms with Gasteiger partial charge in [0.05, 0.1) is 13.2 Å². The van der Waals surface area contributed by atoms with Gasteiger partial charge in [-0.3, -0.25) is 9.59 Å². The zero-order valence-electron chi connectivity index (χ0n) is 14.3. The van der Waals surface area contributed by atoms with Crippen LogP contribution < -0.4 is 17.2 Å². The van der Waals surface area contributed by atoms with E-state index in [2.05, 4.69) is 12.7 Å². The predicted octanol–water partition coefficient (Wildman–Crippen LogP) is 1.78. The molecule has 0 rings (SSSR count). The molecule has 0 aliphatic rings. The van der Waals surface area contributed by atoms with Crippen molar-refractivity contribution in [1.82, 2.24) is 0 Å². The molecule has 6 N–H and O–H groups in total. The van der Waals surface area contributed by atoms with Gasteiger partial charge in [-0.05, 0) is 32.6 Å². The van der Waals surface area contributed by atoms with Gasteiger partial charge in [-0.1, -0.05) is 24.6 Å². The van der Waals surface area contributed by atoms with Crippen molar-refractivity contribution in [1.29, 1.82) is 0 Å². The van der Waals surface area contributed by atoms with Crippen molar-refractivity contribution in [2.45, 2.75) is 57.9 Å². The average Bonchev–Trinajstić information content (AvgIpc) is 2.47.